The Balaban J connectivity index is 1.80. The van der Waals surface area contributed by atoms with Crippen molar-refractivity contribution in [1.82, 2.24) is 4.90 Å². The van der Waals surface area contributed by atoms with E-state index >= 15 is 0 Å². The Labute approximate surface area is 136 Å². The average molecular weight is 315 g/mol. The van der Waals surface area contributed by atoms with Gasteiger partial charge in [-0.05, 0) is 54.8 Å². The lowest BCUT2D eigenvalue weighted by molar-refractivity contribution is 0.247. The van der Waals surface area contributed by atoms with E-state index in [0.29, 0.717) is 6.04 Å². The van der Waals surface area contributed by atoms with Gasteiger partial charge in [-0.25, -0.2) is 4.39 Å². The zero-order chi connectivity index (χ0) is 16.2. The molecule has 122 valence electrons. The molecule has 4 heteroatoms. The largest absolute Gasteiger partial charge is 0.497 e. The van der Waals surface area contributed by atoms with Gasteiger partial charge in [0.15, 0.2) is 0 Å². The van der Waals surface area contributed by atoms with Crippen molar-refractivity contribution in [2.75, 3.05) is 20.8 Å². The Morgan fingerprint density at radius 1 is 1.04 bits per heavy atom. The second-order valence-electron chi connectivity index (χ2n) is 5.90. The Hall–Kier alpha value is -2.07. The highest BCUT2D eigenvalue weighted by molar-refractivity contribution is 5.38. The third-order valence-electron chi connectivity index (χ3n) is 4.42. The quantitative estimate of drug-likeness (QED) is 0.826. The zero-order valence-corrected chi connectivity index (χ0v) is 13.6. The van der Waals surface area contributed by atoms with Crippen LogP contribution in [0.1, 0.15) is 30.0 Å². The van der Waals surface area contributed by atoms with Crippen LogP contribution in [0.4, 0.5) is 4.39 Å². The van der Waals surface area contributed by atoms with E-state index < -0.39 is 0 Å². The third kappa shape index (κ3) is 3.64. The summed E-state index contributed by atoms with van der Waals surface area (Å²) in [7, 11) is 3.32. The molecular formula is C19H22FNO2. The van der Waals surface area contributed by atoms with Crippen molar-refractivity contribution in [2.45, 2.75) is 25.4 Å². The van der Waals surface area contributed by atoms with Gasteiger partial charge < -0.3 is 9.47 Å². The summed E-state index contributed by atoms with van der Waals surface area (Å²) >= 11 is 0. The number of rotatable bonds is 5. The molecule has 1 heterocycles. The van der Waals surface area contributed by atoms with Gasteiger partial charge >= 0.3 is 0 Å². The van der Waals surface area contributed by atoms with Crippen LogP contribution in [-0.4, -0.2) is 25.7 Å². The van der Waals surface area contributed by atoms with Gasteiger partial charge in [0.05, 0.1) is 14.2 Å². The molecule has 3 rings (SSSR count). The second-order valence-corrected chi connectivity index (χ2v) is 5.90. The molecule has 0 aliphatic carbocycles. The molecule has 2 aromatic carbocycles. The van der Waals surface area contributed by atoms with Crippen molar-refractivity contribution < 1.29 is 13.9 Å². The topological polar surface area (TPSA) is 21.7 Å². The number of ether oxygens (including phenoxy) is 2. The van der Waals surface area contributed by atoms with E-state index in [2.05, 4.69) is 4.90 Å². The molecule has 0 N–H and O–H groups in total. The standard InChI is InChI=1S/C19H22FNO2/c1-22-17-10-14(11-18(12-17)23-2)13-21-9-3-4-19(21)15-5-7-16(20)8-6-15/h5-8,10-12,19H,3-4,9,13H2,1-2H3/t19-/m1/s1. The lowest BCUT2D eigenvalue weighted by Crippen LogP contribution is -2.22. The van der Waals surface area contributed by atoms with E-state index in [9.17, 15) is 4.39 Å². The van der Waals surface area contributed by atoms with E-state index in [1.54, 1.807) is 26.4 Å². The number of hydrogen-bond donors (Lipinski definition) is 0. The predicted octanol–water partition coefficient (Wildman–Crippen LogP) is 4.18. The van der Waals surface area contributed by atoms with Gasteiger partial charge in [-0.3, -0.25) is 4.90 Å². The summed E-state index contributed by atoms with van der Waals surface area (Å²) in [6.07, 6.45) is 2.26. The van der Waals surface area contributed by atoms with Crippen molar-refractivity contribution in [3.05, 3.63) is 59.4 Å². The number of hydrogen-bond acceptors (Lipinski definition) is 3. The maximum atomic E-state index is 13.1. The molecular weight excluding hydrogens is 293 g/mol. The summed E-state index contributed by atoms with van der Waals surface area (Å²) in [6.45, 7) is 1.87. The van der Waals surface area contributed by atoms with Gasteiger partial charge in [-0.15, -0.1) is 0 Å². The molecule has 0 saturated carbocycles. The minimum atomic E-state index is -0.184. The van der Waals surface area contributed by atoms with Crippen molar-refractivity contribution in [1.29, 1.82) is 0 Å². The Morgan fingerprint density at radius 3 is 2.30 bits per heavy atom. The number of benzene rings is 2. The number of nitrogens with zero attached hydrogens (tertiary/aromatic N) is 1. The number of halogens is 1. The third-order valence-corrected chi connectivity index (χ3v) is 4.42. The fourth-order valence-corrected chi connectivity index (χ4v) is 3.27. The maximum absolute atomic E-state index is 13.1. The SMILES string of the molecule is COc1cc(CN2CCC[C@@H]2c2ccc(F)cc2)cc(OC)c1. The van der Waals surface area contributed by atoms with Crippen LogP contribution in [0.25, 0.3) is 0 Å². The predicted molar refractivity (Wildman–Crippen MR) is 88.3 cm³/mol. The van der Waals surface area contributed by atoms with Crippen LogP contribution in [-0.2, 0) is 6.54 Å². The van der Waals surface area contributed by atoms with Crippen LogP contribution < -0.4 is 9.47 Å². The fraction of sp³-hybridized carbons (Fsp3) is 0.368. The molecule has 23 heavy (non-hydrogen) atoms. The first-order valence-electron chi connectivity index (χ1n) is 7.91. The van der Waals surface area contributed by atoms with Crippen LogP contribution in [0.5, 0.6) is 11.5 Å². The van der Waals surface area contributed by atoms with Crippen LogP contribution in [0.2, 0.25) is 0 Å². The smallest absolute Gasteiger partial charge is 0.123 e. The van der Waals surface area contributed by atoms with Gasteiger partial charge in [0.2, 0.25) is 0 Å². The minimum absolute atomic E-state index is 0.184. The second kappa shape index (κ2) is 7.01. The molecule has 1 fully saturated rings. The molecule has 3 nitrogen and oxygen atoms in total. The molecule has 0 spiro atoms. The van der Waals surface area contributed by atoms with Crippen molar-refractivity contribution >= 4 is 0 Å². The first-order chi connectivity index (χ1) is 11.2. The van der Waals surface area contributed by atoms with Crippen LogP contribution in [0.3, 0.4) is 0 Å². The van der Waals surface area contributed by atoms with Crippen LogP contribution in [0.15, 0.2) is 42.5 Å². The first kappa shape index (κ1) is 15.8. The highest BCUT2D eigenvalue weighted by Crippen LogP contribution is 2.34. The summed E-state index contributed by atoms with van der Waals surface area (Å²) in [6, 6.07) is 13.2. The number of likely N-dealkylation sites (tertiary alicyclic amines) is 1. The minimum Gasteiger partial charge on any atom is -0.497 e. The summed E-state index contributed by atoms with van der Waals surface area (Å²) < 4.78 is 23.8. The van der Waals surface area contributed by atoms with Gasteiger partial charge in [0.1, 0.15) is 17.3 Å². The molecule has 2 aromatic rings. The molecule has 1 aliphatic rings. The van der Waals surface area contributed by atoms with Crippen molar-refractivity contribution in [2.24, 2.45) is 0 Å². The van der Waals surface area contributed by atoms with Crippen molar-refractivity contribution in [3.8, 4) is 11.5 Å². The van der Waals surface area contributed by atoms with Crippen LogP contribution >= 0.6 is 0 Å². The normalized spacial score (nSPS) is 18.1. The monoisotopic (exact) mass is 315 g/mol. The average Bonchev–Trinajstić information content (AvgIpc) is 3.03. The van der Waals surface area contributed by atoms with Gasteiger partial charge in [0, 0.05) is 18.7 Å². The molecule has 0 amide bonds. The number of methoxy groups -OCH3 is 2. The first-order valence-corrected chi connectivity index (χ1v) is 7.91. The Morgan fingerprint density at radius 2 is 1.70 bits per heavy atom. The van der Waals surface area contributed by atoms with Gasteiger partial charge in [0.25, 0.3) is 0 Å². The summed E-state index contributed by atoms with van der Waals surface area (Å²) in [4.78, 5) is 2.43. The summed E-state index contributed by atoms with van der Waals surface area (Å²) in [5, 5.41) is 0. The summed E-state index contributed by atoms with van der Waals surface area (Å²) in [5.41, 5.74) is 2.34. The van der Waals surface area contributed by atoms with E-state index in [1.807, 2.05) is 30.3 Å². The lowest BCUT2D eigenvalue weighted by atomic mass is 10.0. The highest BCUT2D eigenvalue weighted by Gasteiger charge is 2.26. The van der Waals surface area contributed by atoms with E-state index in [0.717, 1.165) is 43.0 Å². The highest BCUT2D eigenvalue weighted by atomic mass is 19.1. The molecule has 0 unspecified atom stereocenters. The summed E-state index contributed by atoms with van der Waals surface area (Å²) in [5.74, 6) is 1.42. The van der Waals surface area contributed by atoms with E-state index in [-0.39, 0.29) is 5.82 Å². The fourth-order valence-electron chi connectivity index (χ4n) is 3.27. The maximum Gasteiger partial charge on any atom is 0.123 e. The molecule has 1 saturated heterocycles. The van der Waals surface area contributed by atoms with E-state index in [4.69, 9.17) is 9.47 Å². The zero-order valence-electron chi connectivity index (χ0n) is 13.6. The van der Waals surface area contributed by atoms with Crippen molar-refractivity contribution in [3.63, 3.8) is 0 Å². The van der Waals surface area contributed by atoms with Gasteiger partial charge in [-0.1, -0.05) is 12.1 Å². The molecule has 0 aromatic heterocycles. The molecule has 0 bridgehead atoms. The molecule has 1 aliphatic heterocycles. The van der Waals surface area contributed by atoms with Gasteiger partial charge in [-0.2, -0.15) is 0 Å². The van der Waals surface area contributed by atoms with Crippen LogP contribution in [0, 0.1) is 5.82 Å². The Kier molecular flexibility index (Phi) is 4.82. The molecule has 0 radical (unpaired) electrons. The van der Waals surface area contributed by atoms with E-state index in [1.165, 1.54) is 5.56 Å². The lowest BCUT2D eigenvalue weighted by Gasteiger charge is -2.25. The Bertz CT molecular complexity index is 635. The molecule has 1 atom stereocenters.